The number of aliphatic hydroxyl groups is 1. The van der Waals surface area contributed by atoms with Crippen LogP contribution in [-0.2, 0) is 20.9 Å². The number of β-amino-alcohol motifs (C(OH)–C–C–N with tert-alkyl or cyclic N) is 1. The molecule has 0 radical (unpaired) electrons. The predicted molar refractivity (Wildman–Crippen MR) is 139 cm³/mol. The van der Waals surface area contributed by atoms with E-state index >= 15 is 4.39 Å². The first kappa shape index (κ1) is 27.7. The van der Waals surface area contributed by atoms with Gasteiger partial charge in [-0.1, -0.05) is 45.0 Å². The van der Waals surface area contributed by atoms with Crippen molar-refractivity contribution in [1.82, 2.24) is 20.5 Å². The van der Waals surface area contributed by atoms with Gasteiger partial charge in [0.2, 0.25) is 17.7 Å². The highest BCUT2D eigenvalue weighted by molar-refractivity contribution is 7.13. The summed E-state index contributed by atoms with van der Waals surface area (Å²) in [4.78, 5) is 45.7. The minimum Gasteiger partial charge on any atom is -0.388 e. The number of halogens is 1. The summed E-state index contributed by atoms with van der Waals surface area (Å²) in [6.07, 6.45) is -2.71. The SMILES string of the molecule is Cc1ncsc1-c1ccc(CNC(=O)[C@@H]2[C@H](F)[C@@H](O)CN2C(=O)C(NC(=O)C2(C#N)CC2)C(C)(C)C)cc1. The van der Waals surface area contributed by atoms with Crippen LogP contribution in [0, 0.1) is 29.1 Å². The van der Waals surface area contributed by atoms with E-state index in [2.05, 4.69) is 15.6 Å². The molecule has 38 heavy (non-hydrogen) atoms. The third kappa shape index (κ3) is 5.42. The fourth-order valence-corrected chi connectivity index (χ4v) is 5.37. The Morgan fingerprint density at radius 2 is 1.95 bits per heavy atom. The Labute approximate surface area is 225 Å². The summed E-state index contributed by atoms with van der Waals surface area (Å²) >= 11 is 1.53. The lowest BCUT2D eigenvalue weighted by Gasteiger charge is -2.35. The van der Waals surface area contributed by atoms with Crippen LogP contribution in [0.25, 0.3) is 10.4 Å². The highest BCUT2D eigenvalue weighted by Gasteiger charge is 2.54. The number of thiazole rings is 1. The predicted octanol–water partition coefficient (Wildman–Crippen LogP) is 2.48. The number of nitrogens with one attached hydrogen (secondary N) is 2. The average molecular weight is 542 g/mol. The number of likely N-dealkylation sites (tertiary alicyclic amines) is 1. The van der Waals surface area contributed by atoms with E-state index < -0.39 is 52.9 Å². The zero-order valence-electron chi connectivity index (χ0n) is 21.8. The second-order valence-electron chi connectivity index (χ2n) is 11.1. The summed E-state index contributed by atoms with van der Waals surface area (Å²) in [5.74, 6) is -1.97. The lowest BCUT2D eigenvalue weighted by molar-refractivity contribution is -0.145. The van der Waals surface area contributed by atoms with Gasteiger partial charge in [-0.25, -0.2) is 9.37 Å². The first-order valence-corrected chi connectivity index (χ1v) is 13.4. The second-order valence-corrected chi connectivity index (χ2v) is 12.0. The molecule has 1 saturated heterocycles. The zero-order chi connectivity index (χ0) is 27.8. The van der Waals surface area contributed by atoms with Crippen molar-refractivity contribution in [2.24, 2.45) is 10.8 Å². The van der Waals surface area contributed by atoms with Crippen LogP contribution >= 0.6 is 11.3 Å². The number of aromatic nitrogens is 1. The minimum absolute atomic E-state index is 0.103. The zero-order valence-corrected chi connectivity index (χ0v) is 22.6. The van der Waals surface area contributed by atoms with Crippen LogP contribution < -0.4 is 10.6 Å². The Hall–Kier alpha value is -3.36. The highest BCUT2D eigenvalue weighted by atomic mass is 32.1. The van der Waals surface area contributed by atoms with E-state index in [0.29, 0.717) is 12.8 Å². The number of amides is 3. The standard InChI is InChI=1S/C27H32FN5O4S/c1-15-21(38-14-31-15)17-7-5-16(6-8-17)11-30-23(35)20-19(28)18(34)12-33(20)24(36)22(26(2,3)4)32-25(37)27(13-29)9-10-27/h5-8,14,18-20,22,34H,9-12H2,1-4H3,(H,30,35)(H,32,37)/t18-,19+,20-,22?/m0/s1. The van der Waals surface area contributed by atoms with Crippen molar-refractivity contribution in [1.29, 1.82) is 5.26 Å². The number of carbonyl (C=O) groups excluding carboxylic acids is 3. The van der Waals surface area contributed by atoms with Gasteiger partial charge in [0.15, 0.2) is 6.17 Å². The Bertz CT molecular complexity index is 1260. The summed E-state index contributed by atoms with van der Waals surface area (Å²) < 4.78 is 15.1. The molecule has 9 nitrogen and oxygen atoms in total. The summed E-state index contributed by atoms with van der Waals surface area (Å²) in [5, 5.41) is 24.9. The number of nitriles is 1. The van der Waals surface area contributed by atoms with Gasteiger partial charge < -0.3 is 20.6 Å². The Balaban J connectivity index is 1.46. The Morgan fingerprint density at radius 1 is 1.29 bits per heavy atom. The molecule has 202 valence electrons. The maximum absolute atomic E-state index is 15.1. The molecule has 1 saturated carbocycles. The monoisotopic (exact) mass is 541 g/mol. The van der Waals surface area contributed by atoms with Gasteiger partial charge in [-0.05, 0) is 36.3 Å². The lowest BCUT2D eigenvalue weighted by Crippen LogP contribution is -2.59. The van der Waals surface area contributed by atoms with Crippen LogP contribution in [0.2, 0.25) is 0 Å². The largest absolute Gasteiger partial charge is 0.388 e. The fourth-order valence-electron chi connectivity index (χ4n) is 4.56. The quantitative estimate of drug-likeness (QED) is 0.493. The molecule has 0 bridgehead atoms. The number of rotatable bonds is 7. The number of nitrogens with zero attached hydrogens (tertiary/aromatic N) is 3. The third-order valence-electron chi connectivity index (χ3n) is 7.16. The molecule has 1 aromatic carbocycles. The number of benzene rings is 1. The number of hydrogen-bond acceptors (Lipinski definition) is 7. The first-order valence-electron chi connectivity index (χ1n) is 12.5. The molecule has 2 aliphatic rings. The summed E-state index contributed by atoms with van der Waals surface area (Å²) in [6.45, 7) is 6.84. The number of carbonyl (C=O) groups is 3. The lowest BCUT2D eigenvalue weighted by atomic mass is 9.85. The molecule has 3 N–H and O–H groups in total. The summed E-state index contributed by atoms with van der Waals surface area (Å²) in [6, 6.07) is 6.87. The minimum atomic E-state index is -1.99. The fraction of sp³-hybridized carbons (Fsp3) is 0.519. The first-order chi connectivity index (χ1) is 17.9. The third-order valence-corrected chi connectivity index (χ3v) is 8.13. The van der Waals surface area contributed by atoms with Gasteiger partial charge in [0, 0.05) is 6.54 Å². The molecule has 1 aliphatic carbocycles. The molecule has 0 spiro atoms. The van der Waals surface area contributed by atoms with Crippen LogP contribution in [0.1, 0.15) is 44.9 Å². The van der Waals surface area contributed by atoms with Gasteiger partial charge in [-0.3, -0.25) is 14.4 Å². The van der Waals surface area contributed by atoms with Crippen molar-refractivity contribution >= 4 is 29.1 Å². The molecular formula is C27H32FN5O4S. The normalized spacial score (nSPS) is 22.9. The molecule has 1 aliphatic heterocycles. The number of aryl methyl sites for hydroxylation is 1. The van der Waals surface area contributed by atoms with Crippen molar-refractivity contribution in [3.05, 3.63) is 41.0 Å². The molecule has 1 aromatic heterocycles. The van der Waals surface area contributed by atoms with Crippen LogP contribution in [0.15, 0.2) is 29.8 Å². The van der Waals surface area contributed by atoms with Crippen LogP contribution in [-0.4, -0.2) is 63.6 Å². The van der Waals surface area contributed by atoms with E-state index in [1.54, 1.807) is 26.3 Å². The molecule has 3 amide bonds. The Kier molecular flexibility index (Phi) is 7.59. The van der Waals surface area contributed by atoms with Crippen molar-refractivity contribution in [3.8, 4) is 16.5 Å². The highest BCUT2D eigenvalue weighted by Crippen LogP contribution is 2.45. The van der Waals surface area contributed by atoms with Gasteiger partial charge >= 0.3 is 0 Å². The summed E-state index contributed by atoms with van der Waals surface area (Å²) in [5.41, 5.74) is 2.54. The maximum atomic E-state index is 15.1. The summed E-state index contributed by atoms with van der Waals surface area (Å²) in [7, 11) is 0. The number of alkyl halides is 1. The van der Waals surface area contributed by atoms with Gasteiger partial charge in [0.1, 0.15) is 23.6 Å². The molecule has 2 heterocycles. The number of hydrogen-bond donors (Lipinski definition) is 3. The van der Waals surface area contributed by atoms with E-state index in [4.69, 9.17) is 0 Å². The van der Waals surface area contributed by atoms with Gasteiger partial charge in [-0.15, -0.1) is 11.3 Å². The van der Waals surface area contributed by atoms with Crippen molar-refractivity contribution in [3.63, 3.8) is 0 Å². The van der Waals surface area contributed by atoms with E-state index in [1.165, 1.54) is 11.3 Å². The van der Waals surface area contributed by atoms with Crippen LogP contribution in [0.5, 0.6) is 0 Å². The Morgan fingerprint density at radius 3 is 2.47 bits per heavy atom. The topological polar surface area (TPSA) is 135 Å². The van der Waals surface area contributed by atoms with Crippen LogP contribution in [0.4, 0.5) is 4.39 Å². The van der Waals surface area contributed by atoms with Gasteiger partial charge in [0.05, 0.1) is 28.7 Å². The molecule has 4 atom stereocenters. The molecule has 4 rings (SSSR count). The molecule has 2 fully saturated rings. The molecule has 11 heteroatoms. The maximum Gasteiger partial charge on any atom is 0.246 e. The van der Waals surface area contributed by atoms with Crippen molar-refractivity contribution in [2.75, 3.05) is 6.54 Å². The van der Waals surface area contributed by atoms with Crippen molar-refractivity contribution in [2.45, 2.75) is 71.4 Å². The number of aliphatic hydroxyl groups excluding tert-OH is 1. The molecule has 2 aromatic rings. The smallest absolute Gasteiger partial charge is 0.246 e. The van der Waals surface area contributed by atoms with Gasteiger partial charge in [-0.2, -0.15) is 5.26 Å². The average Bonchev–Trinajstić information content (AvgIpc) is 3.48. The van der Waals surface area contributed by atoms with E-state index in [1.807, 2.05) is 37.3 Å². The second kappa shape index (κ2) is 10.4. The van der Waals surface area contributed by atoms with Crippen molar-refractivity contribution < 1.29 is 23.9 Å². The van der Waals surface area contributed by atoms with E-state index in [-0.39, 0.29) is 13.1 Å². The molecule has 1 unspecified atom stereocenters. The van der Waals surface area contributed by atoms with E-state index in [0.717, 1.165) is 26.6 Å². The van der Waals surface area contributed by atoms with Gasteiger partial charge in [0.25, 0.3) is 0 Å². The molecular weight excluding hydrogens is 509 g/mol. The van der Waals surface area contributed by atoms with E-state index in [9.17, 15) is 24.8 Å². The van der Waals surface area contributed by atoms with Crippen LogP contribution in [0.3, 0.4) is 0 Å².